The SMILES string of the molecule is CN=C(NCCCCCC(=O)N1CCN(C(=O)CC(C)C)CC1)NC1CCC(C)CC1.I. The molecule has 0 aromatic heterocycles. The minimum Gasteiger partial charge on any atom is -0.356 e. The van der Waals surface area contributed by atoms with Crippen LogP contribution in [0.2, 0.25) is 0 Å². The molecule has 186 valence electrons. The fourth-order valence-electron chi connectivity index (χ4n) is 4.42. The molecule has 0 bridgehead atoms. The summed E-state index contributed by atoms with van der Waals surface area (Å²) in [6.07, 6.45) is 9.23. The van der Waals surface area contributed by atoms with Crippen LogP contribution < -0.4 is 10.6 Å². The topological polar surface area (TPSA) is 77.0 Å². The van der Waals surface area contributed by atoms with Crippen LogP contribution in [0.1, 0.15) is 78.6 Å². The molecule has 8 heteroatoms. The Balaban J connectivity index is 0.00000512. The number of nitrogens with zero attached hydrogens (tertiary/aromatic N) is 3. The van der Waals surface area contributed by atoms with Gasteiger partial charge in [-0.3, -0.25) is 14.6 Å². The van der Waals surface area contributed by atoms with Crippen LogP contribution in [0, 0.1) is 11.8 Å². The van der Waals surface area contributed by atoms with Crippen LogP contribution in [-0.2, 0) is 9.59 Å². The molecule has 2 amide bonds. The number of hydrogen-bond acceptors (Lipinski definition) is 3. The van der Waals surface area contributed by atoms with Crippen molar-refractivity contribution < 1.29 is 9.59 Å². The number of aliphatic imine (C=N–C) groups is 1. The molecule has 0 atom stereocenters. The maximum Gasteiger partial charge on any atom is 0.222 e. The van der Waals surface area contributed by atoms with E-state index in [4.69, 9.17) is 0 Å². The lowest BCUT2D eigenvalue weighted by Crippen LogP contribution is -2.50. The molecule has 0 unspecified atom stereocenters. The summed E-state index contributed by atoms with van der Waals surface area (Å²) in [5, 5.41) is 6.96. The molecule has 0 aromatic carbocycles. The Morgan fingerprint density at radius 2 is 1.53 bits per heavy atom. The van der Waals surface area contributed by atoms with E-state index in [0.29, 0.717) is 51.0 Å². The van der Waals surface area contributed by atoms with E-state index >= 15 is 0 Å². The summed E-state index contributed by atoms with van der Waals surface area (Å²) in [5.41, 5.74) is 0. The highest BCUT2D eigenvalue weighted by Gasteiger charge is 2.24. The zero-order valence-corrected chi connectivity index (χ0v) is 23.0. The zero-order valence-electron chi connectivity index (χ0n) is 20.7. The number of unbranched alkanes of at least 4 members (excludes halogenated alkanes) is 2. The molecule has 1 saturated carbocycles. The summed E-state index contributed by atoms with van der Waals surface area (Å²) < 4.78 is 0. The molecule has 2 rings (SSSR count). The lowest BCUT2D eigenvalue weighted by atomic mass is 9.87. The monoisotopic (exact) mass is 563 g/mol. The van der Waals surface area contributed by atoms with Crippen molar-refractivity contribution in [2.75, 3.05) is 39.8 Å². The molecule has 1 saturated heterocycles. The molecule has 32 heavy (non-hydrogen) atoms. The van der Waals surface area contributed by atoms with Gasteiger partial charge in [0.2, 0.25) is 11.8 Å². The highest BCUT2D eigenvalue weighted by molar-refractivity contribution is 14.0. The average Bonchev–Trinajstić information content (AvgIpc) is 2.76. The average molecular weight is 564 g/mol. The maximum atomic E-state index is 12.5. The van der Waals surface area contributed by atoms with E-state index in [1.807, 2.05) is 16.8 Å². The first-order valence-corrected chi connectivity index (χ1v) is 12.4. The number of carbonyl (C=O) groups excluding carboxylic acids is 2. The van der Waals surface area contributed by atoms with Crippen molar-refractivity contribution in [1.82, 2.24) is 20.4 Å². The largest absolute Gasteiger partial charge is 0.356 e. The predicted molar refractivity (Wildman–Crippen MR) is 142 cm³/mol. The van der Waals surface area contributed by atoms with Crippen LogP contribution in [0.4, 0.5) is 0 Å². The van der Waals surface area contributed by atoms with Crippen LogP contribution >= 0.6 is 24.0 Å². The van der Waals surface area contributed by atoms with Crippen LogP contribution in [0.5, 0.6) is 0 Å². The summed E-state index contributed by atoms with van der Waals surface area (Å²) in [6.45, 7) is 10.0. The maximum absolute atomic E-state index is 12.5. The fraction of sp³-hybridized carbons (Fsp3) is 0.875. The molecular weight excluding hydrogens is 517 g/mol. The molecule has 2 fully saturated rings. The quantitative estimate of drug-likeness (QED) is 0.195. The standard InChI is InChI=1S/C24H45N5O2.HI/c1-19(2)18-23(31)29-16-14-28(15-17-29)22(30)8-6-5-7-13-26-24(25-4)27-21-11-9-20(3)10-12-21;/h19-21H,5-18H2,1-4H3,(H2,25,26,27);1H. The van der Waals surface area contributed by atoms with Crippen molar-refractivity contribution >= 4 is 41.8 Å². The Bertz CT molecular complexity index is 583. The molecule has 1 heterocycles. The van der Waals surface area contributed by atoms with Crippen molar-refractivity contribution in [2.45, 2.75) is 84.6 Å². The molecule has 1 aliphatic carbocycles. The Morgan fingerprint density at radius 1 is 0.938 bits per heavy atom. The third-order valence-electron chi connectivity index (χ3n) is 6.51. The zero-order chi connectivity index (χ0) is 22.6. The van der Waals surface area contributed by atoms with Crippen LogP contribution in [0.25, 0.3) is 0 Å². The second kappa shape index (κ2) is 15.7. The first-order valence-electron chi connectivity index (χ1n) is 12.4. The molecule has 0 radical (unpaired) electrons. The number of halogens is 1. The number of amides is 2. The molecule has 2 aliphatic rings. The van der Waals surface area contributed by atoms with Gasteiger partial charge in [0.1, 0.15) is 0 Å². The molecule has 0 aromatic rings. The lowest BCUT2D eigenvalue weighted by molar-refractivity contribution is -0.140. The van der Waals surface area contributed by atoms with Gasteiger partial charge < -0.3 is 20.4 Å². The number of carbonyl (C=O) groups is 2. The highest BCUT2D eigenvalue weighted by atomic mass is 127. The third-order valence-corrected chi connectivity index (χ3v) is 6.51. The van der Waals surface area contributed by atoms with Crippen molar-refractivity contribution in [3.63, 3.8) is 0 Å². The van der Waals surface area contributed by atoms with Gasteiger partial charge in [-0.05, 0) is 50.4 Å². The summed E-state index contributed by atoms with van der Waals surface area (Å²) in [5.74, 6) is 2.59. The van der Waals surface area contributed by atoms with Crippen molar-refractivity contribution in [2.24, 2.45) is 16.8 Å². The van der Waals surface area contributed by atoms with Crippen LogP contribution in [0.3, 0.4) is 0 Å². The Hall–Kier alpha value is -1.06. The number of piperazine rings is 1. The van der Waals surface area contributed by atoms with Crippen molar-refractivity contribution in [3.8, 4) is 0 Å². The van der Waals surface area contributed by atoms with Gasteiger partial charge in [-0.25, -0.2) is 0 Å². The first kappa shape index (κ1) is 29.0. The van der Waals surface area contributed by atoms with Gasteiger partial charge in [0, 0.05) is 58.7 Å². The van der Waals surface area contributed by atoms with Gasteiger partial charge >= 0.3 is 0 Å². The van der Waals surface area contributed by atoms with Crippen LogP contribution in [-0.4, -0.2) is 73.4 Å². The summed E-state index contributed by atoms with van der Waals surface area (Å²) in [7, 11) is 1.83. The van der Waals surface area contributed by atoms with Gasteiger partial charge in [-0.2, -0.15) is 0 Å². The second-order valence-corrected chi connectivity index (χ2v) is 9.77. The predicted octanol–water partition coefficient (Wildman–Crippen LogP) is 3.63. The number of nitrogens with one attached hydrogen (secondary N) is 2. The van der Waals surface area contributed by atoms with E-state index in [9.17, 15) is 9.59 Å². The van der Waals surface area contributed by atoms with Crippen LogP contribution in [0.15, 0.2) is 4.99 Å². The van der Waals surface area contributed by atoms with E-state index in [1.54, 1.807) is 0 Å². The number of rotatable bonds is 9. The van der Waals surface area contributed by atoms with E-state index < -0.39 is 0 Å². The normalized spacial score (nSPS) is 21.8. The molecule has 7 nitrogen and oxygen atoms in total. The molecule has 2 N–H and O–H groups in total. The second-order valence-electron chi connectivity index (χ2n) is 9.77. The Morgan fingerprint density at radius 3 is 2.09 bits per heavy atom. The Kier molecular flexibility index (Phi) is 14.2. The van der Waals surface area contributed by atoms with E-state index in [2.05, 4.69) is 36.4 Å². The minimum absolute atomic E-state index is 0. The highest BCUT2D eigenvalue weighted by Crippen LogP contribution is 2.23. The molecule has 0 spiro atoms. The van der Waals surface area contributed by atoms with Gasteiger partial charge in [0.25, 0.3) is 0 Å². The van der Waals surface area contributed by atoms with E-state index in [-0.39, 0.29) is 35.8 Å². The van der Waals surface area contributed by atoms with Crippen molar-refractivity contribution in [3.05, 3.63) is 0 Å². The number of hydrogen-bond donors (Lipinski definition) is 2. The molecular formula is C24H46IN5O2. The fourth-order valence-corrected chi connectivity index (χ4v) is 4.42. The summed E-state index contributed by atoms with van der Waals surface area (Å²) in [4.78, 5) is 32.8. The van der Waals surface area contributed by atoms with E-state index in [0.717, 1.165) is 37.7 Å². The van der Waals surface area contributed by atoms with Gasteiger partial charge in [-0.15, -0.1) is 24.0 Å². The first-order chi connectivity index (χ1) is 14.9. The Labute approximate surface area is 212 Å². The molecule has 1 aliphatic heterocycles. The minimum atomic E-state index is 0. The summed E-state index contributed by atoms with van der Waals surface area (Å²) >= 11 is 0. The smallest absolute Gasteiger partial charge is 0.222 e. The lowest BCUT2D eigenvalue weighted by Gasteiger charge is -2.35. The number of guanidine groups is 1. The van der Waals surface area contributed by atoms with E-state index in [1.165, 1.54) is 25.7 Å². The third kappa shape index (κ3) is 10.7. The van der Waals surface area contributed by atoms with Gasteiger partial charge in [-0.1, -0.05) is 27.2 Å². The summed E-state index contributed by atoms with van der Waals surface area (Å²) in [6, 6.07) is 0.543. The van der Waals surface area contributed by atoms with Gasteiger partial charge in [0.15, 0.2) is 5.96 Å². The van der Waals surface area contributed by atoms with Crippen molar-refractivity contribution in [1.29, 1.82) is 0 Å². The van der Waals surface area contributed by atoms with Gasteiger partial charge in [0.05, 0.1) is 0 Å².